The van der Waals surface area contributed by atoms with Gasteiger partial charge in [0.15, 0.2) is 5.01 Å². The Bertz CT molecular complexity index is 939. The molecule has 1 aromatic carbocycles. The highest BCUT2D eigenvalue weighted by atomic mass is 35.5. The van der Waals surface area contributed by atoms with Crippen molar-refractivity contribution in [3.63, 3.8) is 0 Å². The van der Waals surface area contributed by atoms with Gasteiger partial charge in [-0.25, -0.2) is 13.5 Å². The van der Waals surface area contributed by atoms with Crippen LogP contribution in [-0.2, 0) is 11.2 Å². The lowest BCUT2D eigenvalue weighted by atomic mass is 10.1. The van der Waals surface area contributed by atoms with Crippen LogP contribution in [0.5, 0.6) is 0 Å². The van der Waals surface area contributed by atoms with Gasteiger partial charge in [-0.1, -0.05) is 22.9 Å². The molecule has 3 aromatic rings. The van der Waals surface area contributed by atoms with Crippen LogP contribution < -0.4 is 5.32 Å². The summed E-state index contributed by atoms with van der Waals surface area (Å²) in [4.78, 5) is 12.2. The quantitative estimate of drug-likeness (QED) is 0.703. The van der Waals surface area contributed by atoms with Gasteiger partial charge in [-0.05, 0) is 38.1 Å². The van der Waals surface area contributed by atoms with E-state index >= 15 is 0 Å². The fourth-order valence-electron chi connectivity index (χ4n) is 2.46. The topological polar surface area (TPSA) is 72.7 Å². The predicted molar refractivity (Wildman–Crippen MR) is 95.2 cm³/mol. The van der Waals surface area contributed by atoms with Gasteiger partial charge < -0.3 is 5.32 Å². The molecule has 10 heteroatoms. The molecule has 0 saturated carbocycles. The molecule has 6 nitrogen and oxygen atoms in total. The van der Waals surface area contributed by atoms with Gasteiger partial charge in [-0.15, -0.1) is 10.2 Å². The standard InChI is InChI=1S/C16H14ClF2N5OS/c1-8-12(7-13(25)20-16-22-21-15(26-16)14(18)19)9(2)24(23-8)11-5-3-10(17)4-6-11/h3-6,14H,7H2,1-2H3,(H,20,22,25). The van der Waals surface area contributed by atoms with Crippen LogP contribution in [0.4, 0.5) is 13.9 Å². The fourth-order valence-corrected chi connectivity index (χ4v) is 3.20. The molecule has 2 heterocycles. The number of rotatable bonds is 5. The number of benzene rings is 1. The Morgan fingerprint density at radius 1 is 1.27 bits per heavy atom. The van der Waals surface area contributed by atoms with Gasteiger partial charge in [0.25, 0.3) is 6.43 Å². The minimum Gasteiger partial charge on any atom is -0.300 e. The number of aromatic nitrogens is 4. The molecule has 0 atom stereocenters. The van der Waals surface area contributed by atoms with E-state index < -0.39 is 11.4 Å². The van der Waals surface area contributed by atoms with Gasteiger partial charge in [0.05, 0.1) is 17.8 Å². The summed E-state index contributed by atoms with van der Waals surface area (Å²) in [5, 5.41) is 14.1. The third-order valence-electron chi connectivity index (χ3n) is 3.72. The molecule has 0 saturated heterocycles. The lowest BCUT2D eigenvalue weighted by Crippen LogP contribution is -2.15. The van der Waals surface area contributed by atoms with Crippen LogP contribution in [0.3, 0.4) is 0 Å². The Morgan fingerprint density at radius 3 is 2.58 bits per heavy atom. The van der Waals surface area contributed by atoms with Crippen molar-refractivity contribution in [2.75, 3.05) is 5.32 Å². The third-order valence-corrected chi connectivity index (χ3v) is 4.82. The number of alkyl halides is 2. The molecule has 26 heavy (non-hydrogen) atoms. The number of anilines is 1. The molecule has 2 aromatic heterocycles. The van der Waals surface area contributed by atoms with Crippen LogP contribution in [0.25, 0.3) is 5.69 Å². The molecule has 0 aliphatic rings. The number of hydrogen-bond donors (Lipinski definition) is 1. The molecule has 0 aliphatic heterocycles. The molecule has 1 amide bonds. The van der Waals surface area contributed by atoms with Crippen molar-refractivity contribution in [1.82, 2.24) is 20.0 Å². The zero-order valence-electron chi connectivity index (χ0n) is 13.8. The van der Waals surface area contributed by atoms with Crippen LogP contribution in [0, 0.1) is 13.8 Å². The summed E-state index contributed by atoms with van der Waals surface area (Å²) in [5.41, 5.74) is 3.10. The number of carbonyl (C=O) groups is 1. The number of nitrogens with one attached hydrogen (secondary N) is 1. The first-order valence-electron chi connectivity index (χ1n) is 7.57. The minimum atomic E-state index is -2.71. The molecule has 0 unspecified atom stereocenters. The summed E-state index contributed by atoms with van der Waals surface area (Å²) in [5.74, 6) is -0.371. The van der Waals surface area contributed by atoms with E-state index in [9.17, 15) is 13.6 Å². The maximum Gasteiger partial charge on any atom is 0.291 e. The van der Waals surface area contributed by atoms with Gasteiger partial charge in [0.2, 0.25) is 11.0 Å². The Balaban J connectivity index is 1.77. The number of hydrogen-bond acceptors (Lipinski definition) is 5. The molecule has 0 spiro atoms. The van der Waals surface area contributed by atoms with E-state index in [4.69, 9.17) is 11.6 Å². The first-order valence-corrected chi connectivity index (χ1v) is 8.77. The monoisotopic (exact) mass is 397 g/mol. The van der Waals surface area contributed by atoms with E-state index in [1.54, 1.807) is 16.8 Å². The third kappa shape index (κ3) is 3.88. The summed E-state index contributed by atoms with van der Waals surface area (Å²) in [6, 6.07) is 7.18. The van der Waals surface area contributed by atoms with Crippen molar-refractivity contribution in [2.24, 2.45) is 0 Å². The van der Waals surface area contributed by atoms with Crippen LogP contribution in [-0.4, -0.2) is 25.9 Å². The largest absolute Gasteiger partial charge is 0.300 e. The highest BCUT2D eigenvalue weighted by molar-refractivity contribution is 7.15. The normalized spacial score (nSPS) is 11.2. The van der Waals surface area contributed by atoms with Gasteiger partial charge in [0, 0.05) is 16.3 Å². The average Bonchev–Trinajstić information content (AvgIpc) is 3.16. The van der Waals surface area contributed by atoms with E-state index in [-0.39, 0.29) is 17.5 Å². The van der Waals surface area contributed by atoms with Crippen LogP contribution in [0.15, 0.2) is 24.3 Å². The number of amides is 1. The van der Waals surface area contributed by atoms with Crippen molar-refractivity contribution in [3.05, 3.63) is 51.2 Å². The van der Waals surface area contributed by atoms with E-state index in [2.05, 4.69) is 20.6 Å². The molecular weight excluding hydrogens is 384 g/mol. The number of halogens is 3. The second-order valence-corrected chi connectivity index (χ2v) is 6.95. The first kappa shape index (κ1) is 18.4. The SMILES string of the molecule is Cc1nn(-c2ccc(Cl)cc2)c(C)c1CC(=O)Nc1nnc(C(F)F)s1. The molecule has 136 valence electrons. The Labute approximate surface area is 156 Å². The Morgan fingerprint density at radius 2 is 1.96 bits per heavy atom. The molecular formula is C16H14ClF2N5OS. The zero-order chi connectivity index (χ0) is 18.8. The number of carbonyl (C=O) groups excluding carboxylic acids is 1. The smallest absolute Gasteiger partial charge is 0.291 e. The molecule has 0 aliphatic carbocycles. The molecule has 0 fully saturated rings. The Hall–Kier alpha value is -2.39. The fraction of sp³-hybridized carbons (Fsp3) is 0.250. The van der Waals surface area contributed by atoms with Gasteiger partial charge in [-0.3, -0.25) is 4.79 Å². The molecule has 0 bridgehead atoms. The van der Waals surface area contributed by atoms with E-state index in [1.165, 1.54) is 0 Å². The van der Waals surface area contributed by atoms with Crippen molar-refractivity contribution in [3.8, 4) is 5.69 Å². The lowest BCUT2D eigenvalue weighted by Gasteiger charge is -2.06. The van der Waals surface area contributed by atoms with E-state index in [0.717, 1.165) is 16.9 Å². The van der Waals surface area contributed by atoms with Gasteiger partial charge in [0.1, 0.15) is 0 Å². The second kappa shape index (κ2) is 7.46. The number of nitrogens with zero attached hydrogens (tertiary/aromatic N) is 4. The molecule has 3 rings (SSSR count). The second-order valence-electron chi connectivity index (χ2n) is 5.51. The summed E-state index contributed by atoms with van der Waals surface area (Å²) in [6.45, 7) is 3.67. The molecule has 1 N–H and O–H groups in total. The van der Waals surface area contributed by atoms with Crippen molar-refractivity contribution >= 4 is 34.0 Å². The highest BCUT2D eigenvalue weighted by Crippen LogP contribution is 2.25. The van der Waals surface area contributed by atoms with Crippen molar-refractivity contribution in [2.45, 2.75) is 26.7 Å². The highest BCUT2D eigenvalue weighted by Gasteiger charge is 2.18. The van der Waals surface area contributed by atoms with Crippen LogP contribution >= 0.6 is 22.9 Å². The lowest BCUT2D eigenvalue weighted by molar-refractivity contribution is -0.115. The van der Waals surface area contributed by atoms with E-state index in [1.807, 2.05) is 26.0 Å². The van der Waals surface area contributed by atoms with Crippen LogP contribution in [0.2, 0.25) is 5.02 Å². The van der Waals surface area contributed by atoms with Crippen molar-refractivity contribution < 1.29 is 13.6 Å². The minimum absolute atomic E-state index is 0.0469. The molecule has 0 radical (unpaired) electrons. The zero-order valence-corrected chi connectivity index (χ0v) is 15.4. The maximum absolute atomic E-state index is 12.5. The van der Waals surface area contributed by atoms with Crippen molar-refractivity contribution in [1.29, 1.82) is 0 Å². The maximum atomic E-state index is 12.5. The van der Waals surface area contributed by atoms with Gasteiger partial charge >= 0.3 is 0 Å². The Kier molecular flexibility index (Phi) is 5.28. The predicted octanol–water partition coefficient (Wildman–Crippen LogP) is 4.11. The number of aryl methyl sites for hydroxylation is 1. The summed E-state index contributed by atoms with van der Waals surface area (Å²) < 4.78 is 26.8. The summed E-state index contributed by atoms with van der Waals surface area (Å²) in [6.07, 6.45) is -2.66. The summed E-state index contributed by atoms with van der Waals surface area (Å²) >= 11 is 6.56. The van der Waals surface area contributed by atoms with Crippen LogP contribution in [0.1, 0.15) is 28.4 Å². The van der Waals surface area contributed by atoms with E-state index in [0.29, 0.717) is 22.1 Å². The average molecular weight is 398 g/mol. The summed E-state index contributed by atoms with van der Waals surface area (Å²) in [7, 11) is 0. The van der Waals surface area contributed by atoms with Gasteiger partial charge in [-0.2, -0.15) is 5.10 Å². The first-order chi connectivity index (χ1) is 12.3.